The first kappa shape index (κ1) is 9.48. The molecule has 0 aliphatic rings. The van der Waals surface area contributed by atoms with Gasteiger partial charge in [0.1, 0.15) is 0 Å². The molecule has 0 spiro atoms. The fraction of sp³-hybridized carbons (Fsp3) is 0.111. The maximum Gasteiger partial charge on any atom is 0.210 e. The van der Waals surface area contributed by atoms with Gasteiger partial charge in [0.15, 0.2) is 4.34 Å². The summed E-state index contributed by atoms with van der Waals surface area (Å²) in [5.41, 5.74) is 1.04. The van der Waals surface area contributed by atoms with E-state index in [1.165, 1.54) is 0 Å². The second kappa shape index (κ2) is 4.43. The highest BCUT2D eigenvalue weighted by atomic mass is 32.2. The first-order chi connectivity index (χ1) is 6.88. The van der Waals surface area contributed by atoms with Crippen LogP contribution in [0.1, 0.15) is 0 Å². The molecule has 14 heavy (non-hydrogen) atoms. The van der Waals surface area contributed by atoms with Crippen molar-refractivity contribution in [2.24, 2.45) is 0 Å². The molecular formula is C9H9N3S2. The number of hydrogen-bond acceptors (Lipinski definition) is 5. The molecule has 0 unspecified atom stereocenters. The molecule has 0 amide bonds. The van der Waals surface area contributed by atoms with Crippen LogP contribution in [0.25, 0.3) is 0 Å². The van der Waals surface area contributed by atoms with Crippen LogP contribution in [0.4, 0.5) is 10.8 Å². The topological polar surface area (TPSA) is 37.8 Å². The zero-order chi connectivity index (χ0) is 9.80. The number of nitrogens with zero attached hydrogens (tertiary/aromatic N) is 2. The molecule has 0 saturated carbocycles. The Morgan fingerprint density at radius 2 is 2.00 bits per heavy atom. The Bertz CT molecular complexity index is 399. The maximum absolute atomic E-state index is 4.02. The van der Waals surface area contributed by atoms with Crippen molar-refractivity contribution in [1.29, 1.82) is 0 Å². The van der Waals surface area contributed by atoms with Gasteiger partial charge in [0, 0.05) is 5.69 Å². The fourth-order valence-corrected chi connectivity index (χ4v) is 2.18. The van der Waals surface area contributed by atoms with Gasteiger partial charge in [-0.05, 0) is 18.4 Å². The van der Waals surface area contributed by atoms with Gasteiger partial charge in [0.2, 0.25) is 5.13 Å². The molecule has 3 nitrogen and oxygen atoms in total. The van der Waals surface area contributed by atoms with Crippen LogP contribution in [0.15, 0.2) is 34.7 Å². The van der Waals surface area contributed by atoms with Crippen LogP contribution < -0.4 is 5.32 Å². The zero-order valence-corrected chi connectivity index (χ0v) is 9.23. The van der Waals surface area contributed by atoms with Crippen LogP contribution in [0.2, 0.25) is 0 Å². The Labute approximate surface area is 90.6 Å². The van der Waals surface area contributed by atoms with Crippen molar-refractivity contribution in [2.45, 2.75) is 4.34 Å². The van der Waals surface area contributed by atoms with E-state index in [0.29, 0.717) is 0 Å². The van der Waals surface area contributed by atoms with E-state index in [0.717, 1.165) is 15.2 Å². The molecule has 1 aromatic carbocycles. The Morgan fingerprint density at radius 1 is 1.21 bits per heavy atom. The van der Waals surface area contributed by atoms with Gasteiger partial charge >= 0.3 is 0 Å². The minimum atomic E-state index is 0.834. The Hall–Kier alpha value is -1.07. The molecule has 2 rings (SSSR count). The largest absolute Gasteiger partial charge is 0.330 e. The quantitative estimate of drug-likeness (QED) is 0.812. The summed E-state index contributed by atoms with van der Waals surface area (Å²) in [5, 5.41) is 12.0. The number of para-hydroxylation sites is 1. The summed E-state index contributed by atoms with van der Waals surface area (Å²) >= 11 is 3.16. The van der Waals surface area contributed by atoms with E-state index in [1.807, 2.05) is 36.6 Å². The number of nitrogens with one attached hydrogen (secondary N) is 1. The molecule has 0 fully saturated rings. The number of rotatable bonds is 3. The number of anilines is 2. The second-order valence-corrected chi connectivity index (χ2v) is 4.60. The molecule has 2 aromatic rings. The lowest BCUT2D eigenvalue weighted by Crippen LogP contribution is -1.87. The molecule has 0 aliphatic heterocycles. The highest BCUT2D eigenvalue weighted by Crippen LogP contribution is 2.25. The standard InChI is InChI=1S/C9H9N3S2/c1-13-9-12-11-8(14-9)10-7-5-3-2-4-6-7/h2-6H,1H3,(H,10,11). The first-order valence-corrected chi connectivity index (χ1v) is 6.12. The first-order valence-electron chi connectivity index (χ1n) is 4.08. The number of aromatic nitrogens is 2. The van der Waals surface area contributed by atoms with E-state index in [4.69, 9.17) is 0 Å². The van der Waals surface area contributed by atoms with Crippen molar-refractivity contribution in [1.82, 2.24) is 10.2 Å². The van der Waals surface area contributed by atoms with Crippen LogP contribution in [0.5, 0.6) is 0 Å². The van der Waals surface area contributed by atoms with Crippen LogP contribution in [0.3, 0.4) is 0 Å². The van der Waals surface area contributed by atoms with Gasteiger partial charge in [-0.15, -0.1) is 10.2 Å². The van der Waals surface area contributed by atoms with Gasteiger partial charge < -0.3 is 5.32 Å². The molecule has 0 bridgehead atoms. The van der Waals surface area contributed by atoms with Crippen LogP contribution in [-0.4, -0.2) is 16.5 Å². The van der Waals surface area contributed by atoms with Gasteiger partial charge in [-0.2, -0.15) is 0 Å². The smallest absolute Gasteiger partial charge is 0.210 e. The van der Waals surface area contributed by atoms with E-state index in [1.54, 1.807) is 23.1 Å². The lowest BCUT2D eigenvalue weighted by atomic mass is 10.3. The summed E-state index contributed by atoms with van der Waals surface area (Å²) in [6.07, 6.45) is 1.99. The van der Waals surface area contributed by atoms with Gasteiger partial charge in [0.25, 0.3) is 0 Å². The third kappa shape index (κ3) is 2.24. The minimum absolute atomic E-state index is 0.834. The van der Waals surface area contributed by atoms with Crippen molar-refractivity contribution in [2.75, 3.05) is 11.6 Å². The van der Waals surface area contributed by atoms with Crippen molar-refractivity contribution < 1.29 is 0 Å². The zero-order valence-electron chi connectivity index (χ0n) is 7.60. The third-order valence-corrected chi connectivity index (χ3v) is 3.42. The van der Waals surface area contributed by atoms with Crippen LogP contribution >= 0.6 is 23.1 Å². The minimum Gasteiger partial charge on any atom is -0.330 e. The molecular weight excluding hydrogens is 214 g/mol. The Morgan fingerprint density at radius 3 is 2.64 bits per heavy atom. The fourth-order valence-electron chi connectivity index (χ4n) is 0.988. The van der Waals surface area contributed by atoms with E-state index in [9.17, 15) is 0 Å². The highest BCUT2D eigenvalue weighted by Gasteiger charge is 2.01. The third-order valence-electron chi connectivity index (χ3n) is 1.61. The van der Waals surface area contributed by atoms with Gasteiger partial charge in [-0.25, -0.2) is 0 Å². The normalized spacial score (nSPS) is 10.1. The SMILES string of the molecule is CSc1nnc(Nc2ccccc2)s1. The summed E-state index contributed by atoms with van der Waals surface area (Å²) in [6, 6.07) is 9.95. The number of thioether (sulfide) groups is 1. The predicted molar refractivity (Wildman–Crippen MR) is 61.4 cm³/mol. The number of benzene rings is 1. The van der Waals surface area contributed by atoms with Gasteiger partial charge in [-0.3, -0.25) is 0 Å². The number of hydrogen-bond donors (Lipinski definition) is 1. The van der Waals surface area contributed by atoms with Gasteiger partial charge in [0.05, 0.1) is 0 Å². The second-order valence-electron chi connectivity index (χ2n) is 2.57. The molecule has 0 radical (unpaired) electrons. The van der Waals surface area contributed by atoms with Crippen molar-refractivity contribution in [3.63, 3.8) is 0 Å². The van der Waals surface area contributed by atoms with Crippen molar-refractivity contribution in [3.05, 3.63) is 30.3 Å². The molecule has 0 atom stereocenters. The average molecular weight is 223 g/mol. The Balaban J connectivity index is 2.11. The average Bonchev–Trinajstić information content (AvgIpc) is 2.67. The monoisotopic (exact) mass is 223 g/mol. The molecule has 1 heterocycles. The molecule has 1 N–H and O–H groups in total. The summed E-state index contributed by atoms with van der Waals surface area (Å²) in [7, 11) is 0. The van der Waals surface area contributed by atoms with E-state index in [-0.39, 0.29) is 0 Å². The van der Waals surface area contributed by atoms with Crippen molar-refractivity contribution in [3.8, 4) is 0 Å². The van der Waals surface area contributed by atoms with Gasteiger partial charge in [-0.1, -0.05) is 41.3 Å². The van der Waals surface area contributed by atoms with Crippen LogP contribution in [0, 0.1) is 0 Å². The Kier molecular flexibility index (Phi) is 3.00. The summed E-state index contributed by atoms with van der Waals surface area (Å²) in [4.78, 5) is 0. The summed E-state index contributed by atoms with van der Waals surface area (Å²) in [6.45, 7) is 0. The van der Waals surface area contributed by atoms with E-state index in [2.05, 4.69) is 15.5 Å². The predicted octanol–water partition coefficient (Wildman–Crippen LogP) is 3.00. The maximum atomic E-state index is 4.02. The van der Waals surface area contributed by atoms with E-state index >= 15 is 0 Å². The molecule has 0 aliphatic carbocycles. The van der Waals surface area contributed by atoms with Crippen molar-refractivity contribution >= 4 is 33.9 Å². The summed E-state index contributed by atoms with van der Waals surface area (Å²) < 4.78 is 0.975. The molecule has 72 valence electrons. The molecule has 5 heteroatoms. The lowest BCUT2D eigenvalue weighted by molar-refractivity contribution is 1.02. The van der Waals surface area contributed by atoms with E-state index < -0.39 is 0 Å². The lowest BCUT2D eigenvalue weighted by Gasteiger charge is -1.99. The highest BCUT2D eigenvalue weighted by molar-refractivity contribution is 8.00. The summed E-state index contributed by atoms with van der Waals surface area (Å²) in [5.74, 6) is 0. The van der Waals surface area contributed by atoms with Crippen LogP contribution in [-0.2, 0) is 0 Å². The molecule has 0 saturated heterocycles. The molecule has 1 aromatic heterocycles.